The molecular weight excluding hydrogens is 258 g/mol. The Labute approximate surface area is 118 Å². The van der Waals surface area contributed by atoms with Crippen LogP contribution in [-0.4, -0.2) is 24.3 Å². The number of allylic oxidation sites excluding steroid dienone is 2. The summed E-state index contributed by atoms with van der Waals surface area (Å²) in [5.41, 5.74) is 2.55. The van der Waals surface area contributed by atoms with E-state index in [0.29, 0.717) is 6.61 Å². The van der Waals surface area contributed by atoms with Crippen LogP contribution in [0.5, 0.6) is 5.75 Å². The van der Waals surface area contributed by atoms with Crippen molar-refractivity contribution in [1.29, 1.82) is 0 Å². The SMILES string of the molecule is C=C/C=C/C(CC(=O)NO)OCc1ccc(OC)cc1. The molecule has 0 aliphatic carbocycles. The van der Waals surface area contributed by atoms with E-state index in [2.05, 4.69) is 6.58 Å². The number of methoxy groups -OCH3 is 1. The lowest BCUT2D eigenvalue weighted by molar-refractivity contribution is -0.131. The highest BCUT2D eigenvalue weighted by atomic mass is 16.5. The van der Waals surface area contributed by atoms with Crippen molar-refractivity contribution in [2.24, 2.45) is 0 Å². The third-order valence-electron chi connectivity index (χ3n) is 2.60. The fourth-order valence-corrected chi connectivity index (χ4v) is 1.54. The van der Waals surface area contributed by atoms with Crippen LogP contribution in [0, 0.1) is 0 Å². The van der Waals surface area contributed by atoms with Gasteiger partial charge in [-0.15, -0.1) is 0 Å². The van der Waals surface area contributed by atoms with Crippen molar-refractivity contribution in [2.45, 2.75) is 19.1 Å². The Kier molecular flexibility index (Phi) is 7.10. The highest BCUT2D eigenvalue weighted by molar-refractivity contribution is 5.75. The second-order valence-electron chi connectivity index (χ2n) is 4.06. The summed E-state index contributed by atoms with van der Waals surface area (Å²) in [6.07, 6.45) is 4.62. The molecule has 0 spiro atoms. The van der Waals surface area contributed by atoms with Gasteiger partial charge < -0.3 is 9.47 Å². The van der Waals surface area contributed by atoms with E-state index in [-0.39, 0.29) is 6.42 Å². The highest BCUT2D eigenvalue weighted by Crippen LogP contribution is 2.13. The molecule has 0 aliphatic rings. The summed E-state index contributed by atoms with van der Waals surface area (Å²) < 4.78 is 10.7. The molecule has 0 aliphatic heterocycles. The van der Waals surface area contributed by atoms with Gasteiger partial charge in [-0.3, -0.25) is 10.0 Å². The molecule has 2 N–H and O–H groups in total. The zero-order valence-electron chi connectivity index (χ0n) is 11.4. The maximum atomic E-state index is 11.2. The number of benzene rings is 1. The van der Waals surface area contributed by atoms with Crippen LogP contribution in [0.15, 0.2) is 49.1 Å². The standard InChI is InChI=1S/C15H19NO4/c1-3-4-5-14(10-15(17)16-18)20-11-12-6-8-13(19-2)9-7-12/h3-9,14,18H,1,10-11H2,2H3,(H,16,17)/b5-4+. The Morgan fingerprint density at radius 3 is 2.70 bits per heavy atom. The molecule has 108 valence electrons. The Morgan fingerprint density at radius 2 is 2.15 bits per heavy atom. The van der Waals surface area contributed by atoms with Gasteiger partial charge in [-0.25, -0.2) is 5.48 Å². The number of nitrogens with one attached hydrogen (secondary N) is 1. The van der Waals surface area contributed by atoms with Gasteiger partial charge in [0.1, 0.15) is 5.75 Å². The third kappa shape index (κ3) is 5.69. The van der Waals surface area contributed by atoms with E-state index in [1.807, 2.05) is 24.3 Å². The first-order chi connectivity index (χ1) is 9.69. The summed E-state index contributed by atoms with van der Waals surface area (Å²) in [6, 6.07) is 7.46. The third-order valence-corrected chi connectivity index (χ3v) is 2.60. The van der Waals surface area contributed by atoms with Gasteiger partial charge in [0.25, 0.3) is 0 Å². The summed E-state index contributed by atoms with van der Waals surface area (Å²) >= 11 is 0. The molecule has 1 aromatic carbocycles. The van der Waals surface area contributed by atoms with E-state index in [4.69, 9.17) is 14.7 Å². The number of rotatable bonds is 8. The van der Waals surface area contributed by atoms with Crippen molar-refractivity contribution in [3.8, 4) is 5.75 Å². The lowest BCUT2D eigenvalue weighted by Gasteiger charge is -2.13. The van der Waals surface area contributed by atoms with Gasteiger partial charge in [-0.2, -0.15) is 0 Å². The molecule has 0 saturated heterocycles. The largest absolute Gasteiger partial charge is 0.497 e. The normalized spacial score (nSPS) is 12.1. The van der Waals surface area contributed by atoms with Gasteiger partial charge in [0.2, 0.25) is 5.91 Å². The monoisotopic (exact) mass is 277 g/mol. The van der Waals surface area contributed by atoms with Crippen molar-refractivity contribution < 1.29 is 19.5 Å². The first-order valence-electron chi connectivity index (χ1n) is 6.16. The van der Waals surface area contributed by atoms with Crippen LogP contribution < -0.4 is 10.2 Å². The molecule has 1 unspecified atom stereocenters. The molecule has 0 bridgehead atoms. The Morgan fingerprint density at radius 1 is 1.45 bits per heavy atom. The number of carbonyl (C=O) groups is 1. The average molecular weight is 277 g/mol. The topological polar surface area (TPSA) is 67.8 Å². The van der Waals surface area contributed by atoms with Gasteiger partial charge in [-0.1, -0.05) is 36.9 Å². The molecule has 5 heteroatoms. The summed E-state index contributed by atoms with van der Waals surface area (Å²) in [5, 5.41) is 8.54. The van der Waals surface area contributed by atoms with E-state index < -0.39 is 12.0 Å². The van der Waals surface area contributed by atoms with Crippen LogP contribution in [0.4, 0.5) is 0 Å². The molecule has 0 saturated carbocycles. The second kappa shape index (κ2) is 8.90. The molecule has 1 atom stereocenters. The minimum absolute atomic E-state index is 0.0387. The van der Waals surface area contributed by atoms with E-state index in [1.54, 1.807) is 30.8 Å². The number of amides is 1. The summed E-state index contributed by atoms with van der Waals surface area (Å²) in [6.45, 7) is 3.92. The van der Waals surface area contributed by atoms with Crippen LogP contribution in [0.2, 0.25) is 0 Å². The minimum Gasteiger partial charge on any atom is -0.497 e. The van der Waals surface area contributed by atoms with Gasteiger partial charge in [0.05, 0.1) is 26.2 Å². The Bertz CT molecular complexity index is 453. The van der Waals surface area contributed by atoms with Gasteiger partial charge in [-0.05, 0) is 17.7 Å². The summed E-state index contributed by atoms with van der Waals surface area (Å²) in [4.78, 5) is 11.2. The molecule has 5 nitrogen and oxygen atoms in total. The molecular formula is C15H19NO4. The van der Waals surface area contributed by atoms with Gasteiger partial charge in [0.15, 0.2) is 0 Å². The molecule has 20 heavy (non-hydrogen) atoms. The predicted molar refractivity (Wildman–Crippen MR) is 75.5 cm³/mol. The Hall–Kier alpha value is -2.11. The maximum absolute atomic E-state index is 11.2. The number of carbonyl (C=O) groups excluding carboxylic acids is 1. The van der Waals surface area contributed by atoms with Gasteiger partial charge >= 0.3 is 0 Å². The minimum atomic E-state index is -0.501. The van der Waals surface area contributed by atoms with E-state index in [9.17, 15) is 4.79 Å². The van der Waals surface area contributed by atoms with Crippen molar-refractivity contribution in [1.82, 2.24) is 5.48 Å². The molecule has 0 aromatic heterocycles. The molecule has 1 aromatic rings. The smallest absolute Gasteiger partial charge is 0.246 e. The lowest BCUT2D eigenvalue weighted by Crippen LogP contribution is -2.25. The second-order valence-corrected chi connectivity index (χ2v) is 4.06. The number of hydrogen-bond acceptors (Lipinski definition) is 4. The molecule has 1 rings (SSSR count). The van der Waals surface area contributed by atoms with Crippen molar-refractivity contribution in [3.05, 3.63) is 54.6 Å². The van der Waals surface area contributed by atoms with E-state index in [0.717, 1.165) is 11.3 Å². The van der Waals surface area contributed by atoms with Crippen LogP contribution in [0.25, 0.3) is 0 Å². The van der Waals surface area contributed by atoms with Crippen LogP contribution in [0.1, 0.15) is 12.0 Å². The lowest BCUT2D eigenvalue weighted by atomic mass is 10.2. The first kappa shape index (κ1) is 15.9. The highest BCUT2D eigenvalue weighted by Gasteiger charge is 2.11. The van der Waals surface area contributed by atoms with Gasteiger partial charge in [0, 0.05) is 0 Å². The fourth-order valence-electron chi connectivity index (χ4n) is 1.54. The van der Waals surface area contributed by atoms with Crippen LogP contribution >= 0.6 is 0 Å². The predicted octanol–water partition coefficient (Wildman–Crippen LogP) is 2.22. The first-order valence-corrected chi connectivity index (χ1v) is 6.16. The van der Waals surface area contributed by atoms with E-state index >= 15 is 0 Å². The molecule has 0 fully saturated rings. The number of hydrogen-bond donors (Lipinski definition) is 2. The quantitative estimate of drug-likeness (QED) is 0.434. The number of hydroxylamine groups is 1. The average Bonchev–Trinajstić information content (AvgIpc) is 2.50. The maximum Gasteiger partial charge on any atom is 0.246 e. The van der Waals surface area contributed by atoms with Crippen molar-refractivity contribution >= 4 is 5.91 Å². The molecule has 1 amide bonds. The Balaban J connectivity index is 2.57. The van der Waals surface area contributed by atoms with Crippen molar-refractivity contribution in [2.75, 3.05) is 7.11 Å². The zero-order chi connectivity index (χ0) is 14.8. The van der Waals surface area contributed by atoms with Crippen LogP contribution in [-0.2, 0) is 16.1 Å². The van der Waals surface area contributed by atoms with E-state index in [1.165, 1.54) is 0 Å². The fraction of sp³-hybridized carbons (Fsp3) is 0.267. The molecule has 0 heterocycles. The van der Waals surface area contributed by atoms with Crippen LogP contribution in [0.3, 0.4) is 0 Å². The molecule has 0 radical (unpaired) electrons. The number of ether oxygens (including phenoxy) is 2. The zero-order valence-corrected chi connectivity index (χ0v) is 11.4. The summed E-state index contributed by atoms with van der Waals surface area (Å²) in [5.74, 6) is 0.273. The summed E-state index contributed by atoms with van der Waals surface area (Å²) in [7, 11) is 1.61. The van der Waals surface area contributed by atoms with Crippen molar-refractivity contribution in [3.63, 3.8) is 0 Å².